The summed E-state index contributed by atoms with van der Waals surface area (Å²) in [5, 5.41) is 8.92. The van der Waals surface area contributed by atoms with Crippen molar-refractivity contribution in [2.75, 3.05) is 7.05 Å². The van der Waals surface area contributed by atoms with Crippen LogP contribution in [-0.2, 0) is 27.9 Å². The molecule has 0 bridgehead atoms. The number of sulfonamides is 1. The fraction of sp³-hybridized carbons (Fsp3) is 0.333. The van der Waals surface area contributed by atoms with Gasteiger partial charge in [-0.05, 0) is 18.1 Å². The zero-order valence-electron chi connectivity index (χ0n) is 13.1. The summed E-state index contributed by atoms with van der Waals surface area (Å²) >= 11 is 0. The van der Waals surface area contributed by atoms with Gasteiger partial charge in [-0.3, -0.25) is 9.48 Å². The topological polar surface area (TPSA) is 98.3 Å². The molecule has 2 rings (SSSR count). The average molecular weight is 336 g/mol. The summed E-state index contributed by atoms with van der Waals surface area (Å²) in [5.74, 6) is -0.0408. The number of hydrogen-bond donors (Lipinski definition) is 1. The average Bonchev–Trinajstić information content (AvgIpc) is 2.96. The van der Waals surface area contributed by atoms with E-state index in [1.807, 2.05) is 31.2 Å². The minimum atomic E-state index is -3.76. The first-order valence-corrected chi connectivity index (χ1v) is 8.66. The van der Waals surface area contributed by atoms with E-state index in [2.05, 4.69) is 5.10 Å². The van der Waals surface area contributed by atoms with Crippen molar-refractivity contribution in [1.82, 2.24) is 14.7 Å². The minimum absolute atomic E-state index is 0.0408. The Kier molecular flexibility index (Phi) is 5.17. The molecule has 0 saturated carbocycles. The van der Waals surface area contributed by atoms with E-state index < -0.39 is 10.0 Å². The highest BCUT2D eigenvalue weighted by Crippen LogP contribution is 2.10. The highest BCUT2D eigenvalue weighted by Gasteiger charge is 2.13. The van der Waals surface area contributed by atoms with E-state index in [-0.39, 0.29) is 17.2 Å². The molecule has 1 amide bonds. The van der Waals surface area contributed by atoms with E-state index in [0.29, 0.717) is 13.1 Å². The van der Waals surface area contributed by atoms with E-state index in [1.165, 1.54) is 17.1 Å². The normalized spacial score (nSPS) is 11.4. The fourth-order valence-electron chi connectivity index (χ4n) is 2.15. The lowest BCUT2D eigenvalue weighted by Gasteiger charge is -2.18. The summed E-state index contributed by atoms with van der Waals surface area (Å²) in [6.07, 6.45) is 2.73. The second kappa shape index (κ2) is 6.93. The molecule has 2 N–H and O–H groups in total. The number of carbonyl (C=O) groups is 1. The van der Waals surface area contributed by atoms with Crippen molar-refractivity contribution in [1.29, 1.82) is 0 Å². The SMILES string of the molecule is Cc1ccccc1CN(C)C(=O)CCn1cc(S(N)(=O)=O)cn1. The molecular weight excluding hydrogens is 316 g/mol. The van der Waals surface area contributed by atoms with E-state index >= 15 is 0 Å². The van der Waals surface area contributed by atoms with Crippen LogP contribution in [0, 0.1) is 6.92 Å². The van der Waals surface area contributed by atoms with Crippen molar-refractivity contribution in [3.05, 3.63) is 47.8 Å². The number of carbonyl (C=O) groups excluding carboxylic acids is 1. The van der Waals surface area contributed by atoms with Gasteiger partial charge in [0.15, 0.2) is 0 Å². The second-order valence-electron chi connectivity index (χ2n) is 5.41. The van der Waals surface area contributed by atoms with Crippen molar-refractivity contribution in [2.24, 2.45) is 5.14 Å². The van der Waals surface area contributed by atoms with Crippen LogP contribution in [0.25, 0.3) is 0 Å². The minimum Gasteiger partial charge on any atom is -0.341 e. The third-order valence-electron chi connectivity index (χ3n) is 3.59. The Morgan fingerprint density at radius 1 is 1.35 bits per heavy atom. The standard InChI is InChI=1S/C15H20N4O3S/c1-12-5-3-4-6-13(12)10-18(2)15(20)7-8-19-11-14(9-17-19)23(16,21)22/h3-6,9,11H,7-8,10H2,1-2H3,(H2,16,21,22). The third kappa shape index (κ3) is 4.64. The summed E-state index contributed by atoms with van der Waals surface area (Å²) in [5.41, 5.74) is 2.23. The van der Waals surface area contributed by atoms with Crippen LogP contribution in [0.3, 0.4) is 0 Å². The van der Waals surface area contributed by atoms with Crippen LogP contribution >= 0.6 is 0 Å². The molecule has 0 saturated heterocycles. The van der Waals surface area contributed by atoms with Crippen molar-refractivity contribution >= 4 is 15.9 Å². The first-order chi connectivity index (χ1) is 10.8. The molecule has 0 fully saturated rings. The Morgan fingerprint density at radius 2 is 2.04 bits per heavy atom. The largest absolute Gasteiger partial charge is 0.341 e. The summed E-state index contributed by atoms with van der Waals surface area (Å²) in [6, 6.07) is 7.90. The monoisotopic (exact) mass is 336 g/mol. The predicted octanol–water partition coefficient (Wildman–Crippen LogP) is 0.888. The maximum atomic E-state index is 12.2. The van der Waals surface area contributed by atoms with Crippen LogP contribution in [0.15, 0.2) is 41.6 Å². The van der Waals surface area contributed by atoms with E-state index in [0.717, 1.165) is 11.1 Å². The Hall–Kier alpha value is -2.19. The molecule has 0 aliphatic rings. The molecule has 2 aromatic rings. The smallest absolute Gasteiger partial charge is 0.241 e. The molecule has 7 nitrogen and oxygen atoms in total. The molecule has 0 radical (unpaired) electrons. The highest BCUT2D eigenvalue weighted by molar-refractivity contribution is 7.89. The number of rotatable bonds is 6. The van der Waals surface area contributed by atoms with Crippen LogP contribution in [-0.4, -0.2) is 36.1 Å². The maximum Gasteiger partial charge on any atom is 0.241 e. The van der Waals surface area contributed by atoms with Crippen molar-refractivity contribution in [2.45, 2.75) is 31.3 Å². The number of aryl methyl sites for hydroxylation is 2. The summed E-state index contributed by atoms with van der Waals surface area (Å²) in [4.78, 5) is 13.8. The van der Waals surface area contributed by atoms with Crippen LogP contribution in [0.2, 0.25) is 0 Å². The lowest BCUT2D eigenvalue weighted by molar-refractivity contribution is -0.130. The Balaban J connectivity index is 1.92. The van der Waals surface area contributed by atoms with Crippen molar-refractivity contribution < 1.29 is 13.2 Å². The zero-order valence-corrected chi connectivity index (χ0v) is 14.0. The number of aromatic nitrogens is 2. The van der Waals surface area contributed by atoms with Gasteiger partial charge in [0, 0.05) is 32.8 Å². The van der Waals surface area contributed by atoms with Gasteiger partial charge < -0.3 is 4.90 Å². The Morgan fingerprint density at radius 3 is 2.65 bits per heavy atom. The molecule has 0 aliphatic carbocycles. The molecule has 0 spiro atoms. The van der Waals surface area contributed by atoms with Gasteiger partial charge in [0.25, 0.3) is 0 Å². The van der Waals surface area contributed by atoms with Crippen molar-refractivity contribution in [3.63, 3.8) is 0 Å². The fourth-order valence-corrected chi connectivity index (χ4v) is 2.61. The van der Waals surface area contributed by atoms with Gasteiger partial charge in [0.05, 0.1) is 6.20 Å². The van der Waals surface area contributed by atoms with Gasteiger partial charge in [-0.1, -0.05) is 24.3 Å². The van der Waals surface area contributed by atoms with Crippen LogP contribution in [0.5, 0.6) is 0 Å². The molecule has 8 heteroatoms. The lowest BCUT2D eigenvalue weighted by Crippen LogP contribution is -2.27. The van der Waals surface area contributed by atoms with Crippen LogP contribution < -0.4 is 5.14 Å². The molecule has 1 heterocycles. The predicted molar refractivity (Wildman–Crippen MR) is 85.9 cm³/mol. The molecular formula is C15H20N4O3S. The Labute approximate surface area is 135 Å². The molecule has 0 atom stereocenters. The molecule has 124 valence electrons. The van der Waals surface area contributed by atoms with E-state index in [1.54, 1.807) is 11.9 Å². The Bertz CT molecular complexity index is 799. The van der Waals surface area contributed by atoms with Crippen LogP contribution in [0.4, 0.5) is 0 Å². The molecule has 0 aliphatic heterocycles. The second-order valence-corrected chi connectivity index (χ2v) is 6.97. The number of amides is 1. The highest BCUT2D eigenvalue weighted by atomic mass is 32.2. The molecule has 23 heavy (non-hydrogen) atoms. The zero-order chi connectivity index (χ0) is 17.0. The van der Waals surface area contributed by atoms with Gasteiger partial charge in [-0.25, -0.2) is 13.6 Å². The van der Waals surface area contributed by atoms with E-state index in [9.17, 15) is 13.2 Å². The number of benzene rings is 1. The molecule has 1 aromatic carbocycles. The van der Waals surface area contributed by atoms with Gasteiger partial charge in [-0.2, -0.15) is 5.10 Å². The number of hydrogen-bond acceptors (Lipinski definition) is 4. The van der Waals surface area contributed by atoms with Crippen molar-refractivity contribution in [3.8, 4) is 0 Å². The van der Waals surface area contributed by atoms with Gasteiger partial charge >= 0.3 is 0 Å². The summed E-state index contributed by atoms with van der Waals surface area (Å²) in [7, 11) is -2.02. The number of primary sulfonamides is 1. The third-order valence-corrected chi connectivity index (χ3v) is 4.46. The van der Waals surface area contributed by atoms with Gasteiger partial charge in [0.1, 0.15) is 4.90 Å². The van der Waals surface area contributed by atoms with Gasteiger partial charge in [0.2, 0.25) is 15.9 Å². The van der Waals surface area contributed by atoms with Crippen LogP contribution in [0.1, 0.15) is 17.5 Å². The maximum absolute atomic E-state index is 12.2. The number of nitrogens with zero attached hydrogens (tertiary/aromatic N) is 3. The molecule has 1 aromatic heterocycles. The van der Waals surface area contributed by atoms with Gasteiger partial charge in [-0.15, -0.1) is 0 Å². The molecule has 0 unspecified atom stereocenters. The number of nitrogens with two attached hydrogens (primary N) is 1. The summed E-state index contributed by atoms with van der Waals surface area (Å²) < 4.78 is 23.8. The first kappa shape index (κ1) is 17.2. The summed E-state index contributed by atoms with van der Waals surface area (Å²) in [6.45, 7) is 2.84. The quantitative estimate of drug-likeness (QED) is 0.847. The first-order valence-electron chi connectivity index (χ1n) is 7.11. The lowest BCUT2D eigenvalue weighted by atomic mass is 10.1. The van der Waals surface area contributed by atoms with E-state index in [4.69, 9.17) is 5.14 Å².